The SMILES string of the molecule is CC(CCC(=O)O)NCC1(C)CCCO1. The van der Waals surface area contributed by atoms with Crippen molar-refractivity contribution in [1.82, 2.24) is 5.32 Å². The highest BCUT2D eigenvalue weighted by atomic mass is 16.5. The first-order valence-electron chi connectivity index (χ1n) is 5.61. The first kappa shape index (κ1) is 12.5. The van der Waals surface area contributed by atoms with Crippen LogP contribution in [0.4, 0.5) is 0 Å². The first-order valence-corrected chi connectivity index (χ1v) is 5.61. The number of rotatable bonds is 6. The summed E-state index contributed by atoms with van der Waals surface area (Å²) in [4.78, 5) is 10.4. The molecule has 0 aromatic carbocycles. The maximum Gasteiger partial charge on any atom is 0.303 e. The van der Waals surface area contributed by atoms with Crippen LogP contribution in [0, 0.1) is 0 Å². The van der Waals surface area contributed by atoms with Gasteiger partial charge in [0.15, 0.2) is 0 Å². The zero-order valence-corrected chi connectivity index (χ0v) is 9.58. The second kappa shape index (κ2) is 5.47. The van der Waals surface area contributed by atoms with E-state index in [4.69, 9.17) is 9.84 Å². The molecule has 0 spiro atoms. The standard InChI is InChI=1S/C11H21NO3/c1-9(4-5-10(13)14)12-8-11(2)6-3-7-15-11/h9,12H,3-8H2,1-2H3,(H,13,14). The van der Waals surface area contributed by atoms with Gasteiger partial charge in [0, 0.05) is 25.6 Å². The van der Waals surface area contributed by atoms with Crippen LogP contribution in [-0.2, 0) is 9.53 Å². The zero-order valence-electron chi connectivity index (χ0n) is 9.58. The molecule has 0 bridgehead atoms. The molecule has 0 saturated carbocycles. The Morgan fingerprint density at radius 1 is 1.67 bits per heavy atom. The quantitative estimate of drug-likeness (QED) is 0.703. The van der Waals surface area contributed by atoms with E-state index in [0.717, 1.165) is 26.0 Å². The molecule has 2 unspecified atom stereocenters. The minimum Gasteiger partial charge on any atom is -0.481 e. The minimum absolute atomic E-state index is 0.0442. The topological polar surface area (TPSA) is 58.6 Å². The van der Waals surface area contributed by atoms with Crippen molar-refractivity contribution in [2.45, 2.75) is 51.2 Å². The second-order valence-electron chi connectivity index (χ2n) is 4.62. The molecule has 4 heteroatoms. The van der Waals surface area contributed by atoms with Crippen LogP contribution in [-0.4, -0.2) is 35.9 Å². The lowest BCUT2D eigenvalue weighted by atomic mass is 10.0. The average molecular weight is 215 g/mol. The molecule has 0 amide bonds. The molecule has 0 aromatic rings. The van der Waals surface area contributed by atoms with Crippen LogP contribution in [0.1, 0.15) is 39.5 Å². The summed E-state index contributed by atoms with van der Waals surface area (Å²) in [5, 5.41) is 11.9. The normalized spacial score (nSPS) is 27.9. The smallest absolute Gasteiger partial charge is 0.303 e. The number of aliphatic carboxylic acids is 1. The van der Waals surface area contributed by atoms with Gasteiger partial charge in [-0.15, -0.1) is 0 Å². The van der Waals surface area contributed by atoms with E-state index in [1.165, 1.54) is 0 Å². The van der Waals surface area contributed by atoms with Crippen molar-refractivity contribution in [3.8, 4) is 0 Å². The Hall–Kier alpha value is -0.610. The van der Waals surface area contributed by atoms with Crippen LogP contribution < -0.4 is 5.32 Å². The van der Waals surface area contributed by atoms with Crippen molar-refractivity contribution in [3.63, 3.8) is 0 Å². The Morgan fingerprint density at radius 2 is 2.40 bits per heavy atom. The van der Waals surface area contributed by atoms with Gasteiger partial charge in [0.05, 0.1) is 5.60 Å². The highest BCUT2D eigenvalue weighted by molar-refractivity contribution is 5.66. The molecule has 1 heterocycles. The third-order valence-corrected chi connectivity index (χ3v) is 2.92. The highest BCUT2D eigenvalue weighted by Gasteiger charge is 2.29. The van der Waals surface area contributed by atoms with E-state index in [0.29, 0.717) is 6.42 Å². The Morgan fingerprint density at radius 3 is 2.93 bits per heavy atom. The number of carboxylic acids is 1. The predicted molar refractivity (Wildman–Crippen MR) is 57.9 cm³/mol. The van der Waals surface area contributed by atoms with E-state index in [-0.39, 0.29) is 18.1 Å². The lowest BCUT2D eigenvalue weighted by Crippen LogP contribution is -2.41. The molecule has 1 aliphatic rings. The summed E-state index contributed by atoms with van der Waals surface area (Å²) in [5.41, 5.74) is -0.0442. The van der Waals surface area contributed by atoms with Gasteiger partial charge in [-0.3, -0.25) is 4.79 Å². The number of hydrogen-bond acceptors (Lipinski definition) is 3. The van der Waals surface area contributed by atoms with Crippen LogP contribution in [0.5, 0.6) is 0 Å². The summed E-state index contributed by atoms with van der Waals surface area (Å²) in [6.45, 7) is 5.79. The molecule has 88 valence electrons. The molecule has 1 rings (SSSR count). The van der Waals surface area contributed by atoms with Gasteiger partial charge in [-0.2, -0.15) is 0 Å². The number of hydrogen-bond donors (Lipinski definition) is 2. The van der Waals surface area contributed by atoms with Crippen LogP contribution in [0.25, 0.3) is 0 Å². The van der Waals surface area contributed by atoms with Crippen molar-refractivity contribution in [3.05, 3.63) is 0 Å². The highest BCUT2D eigenvalue weighted by Crippen LogP contribution is 2.24. The molecule has 15 heavy (non-hydrogen) atoms. The molecular formula is C11H21NO3. The zero-order chi connectivity index (χ0) is 11.3. The molecule has 0 aliphatic carbocycles. The summed E-state index contributed by atoms with van der Waals surface area (Å²) >= 11 is 0. The maximum absolute atomic E-state index is 10.4. The van der Waals surface area contributed by atoms with Gasteiger partial charge in [0.1, 0.15) is 0 Å². The lowest BCUT2D eigenvalue weighted by Gasteiger charge is -2.25. The first-order chi connectivity index (χ1) is 7.02. The van der Waals surface area contributed by atoms with Crippen LogP contribution in [0.2, 0.25) is 0 Å². The Bertz CT molecular complexity index is 212. The number of carboxylic acid groups (broad SMARTS) is 1. The maximum atomic E-state index is 10.4. The minimum atomic E-state index is -0.730. The van der Waals surface area contributed by atoms with Crippen molar-refractivity contribution in [2.75, 3.05) is 13.2 Å². The number of ether oxygens (including phenoxy) is 1. The van der Waals surface area contributed by atoms with E-state index in [9.17, 15) is 4.79 Å². The molecule has 0 radical (unpaired) electrons. The van der Waals surface area contributed by atoms with Gasteiger partial charge in [-0.05, 0) is 33.1 Å². The van der Waals surface area contributed by atoms with E-state index in [1.54, 1.807) is 0 Å². The second-order valence-corrected chi connectivity index (χ2v) is 4.62. The van der Waals surface area contributed by atoms with Crippen molar-refractivity contribution < 1.29 is 14.6 Å². The van der Waals surface area contributed by atoms with Crippen molar-refractivity contribution in [2.24, 2.45) is 0 Å². The summed E-state index contributed by atoms with van der Waals surface area (Å²) in [6.07, 6.45) is 3.12. The summed E-state index contributed by atoms with van der Waals surface area (Å²) < 4.78 is 5.64. The van der Waals surface area contributed by atoms with Crippen molar-refractivity contribution >= 4 is 5.97 Å². The molecule has 2 atom stereocenters. The summed E-state index contributed by atoms with van der Waals surface area (Å²) in [7, 11) is 0. The lowest BCUT2D eigenvalue weighted by molar-refractivity contribution is -0.137. The van der Waals surface area contributed by atoms with E-state index >= 15 is 0 Å². The third kappa shape index (κ3) is 4.62. The fraction of sp³-hybridized carbons (Fsp3) is 0.909. The van der Waals surface area contributed by atoms with Gasteiger partial charge in [0.25, 0.3) is 0 Å². The van der Waals surface area contributed by atoms with Gasteiger partial charge in [-0.25, -0.2) is 0 Å². The summed E-state index contributed by atoms with van der Waals surface area (Å²) in [5.74, 6) is -0.730. The average Bonchev–Trinajstić information content (AvgIpc) is 2.60. The van der Waals surface area contributed by atoms with Crippen LogP contribution >= 0.6 is 0 Å². The van der Waals surface area contributed by atoms with Gasteiger partial charge < -0.3 is 15.2 Å². The van der Waals surface area contributed by atoms with Crippen molar-refractivity contribution in [1.29, 1.82) is 0 Å². The van der Waals surface area contributed by atoms with Gasteiger partial charge >= 0.3 is 5.97 Å². The fourth-order valence-corrected chi connectivity index (χ4v) is 1.81. The van der Waals surface area contributed by atoms with Gasteiger partial charge in [0.2, 0.25) is 0 Å². The number of carbonyl (C=O) groups is 1. The molecule has 4 nitrogen and oxygen atoms in total. The Labute approximate surface area is 91.0 Å². The van der Waals surface area contributed by atoms with E-state index in [1.807, 2.05) is 6.92 Å². The monoisotopic (exact) mass is 215 g/mol. The van der Waals surface area contributed by atoms with Crippen LogP contribution in [0.15, 0.2) is 0 Å². The van der Waals surface area contributed by atoms with Gasteiger partial charge in [-0.1, -0.05) is 0 Å². The molecule has 1 aliphatic heterocycles. The van der Waals surface area contributed by atoms with E-state index in [2.05, 4.69) is 12.2 Å². The largest absolute Gasteiger partial charge is 0.481 e. The predicted octanol–water partition coefficient (Wildman–Crippen LogP) is 1.40. The molecule has 1 saturated heterocycles. The molecule has 0 aromatic heterocycles. The third-order valence-electron chi connectivity index (χ3n) is 2.92. The Kier molecular flexibility index (Phi) is 4.54. The van der Waals surface area contributed by atoms with Crippen LogP contribution in [0.3, 0.4) is 0 Å². The Balaban J connectivity index is 2.15. The molecule has 2 N–H and O–H groups in total. The summed E-state index contributed by atoms with van der Waals surface area (Å²) in [6, 6.07) is 0.238. The van der Waals surface area contributed by atoms with E-state index < -0.39 is 5.97 Å². The number of nitrogens with one attached hydrogen (secondary N) is 1. The molecule has 1 fully saturated rings. The fourth-order valence-electron chi connectivity index (χ4n) is 1.81. The molecular weight excluding hydrogens is 194 g/mol.